The van der Waals surface area contributed by atoms with Crippen LogP contribution in [0.4, 0.5) is 0 Å². The average Bonchev–Trinajstić information content (AvgIpc) is 2.64. The number of nitrogens with one attached hydrogen (secondary N) is 2. The van der Waals surface area contributed by atoms with Crippen LogP contribution in [0.2, 0.25) is 10.0 Å². The molecule has 27 heavy (non-hydrogen) atoms. The van der Waals surface area contributed by atoms with E-state index in [4.69, 9.17) is 44.9 Å². The molecular weight excluding hydrogens is 407 g/mol. The Morgan fingerprint density at radius 3 is 2.59 bits per heavy atom. The zero-order valence-electron chi connectivity index (χ0n) is 15.0. The van der Waals surface area contributed by atoms with E-state index in [1.165, 1.54) is 6.07 Å². The number of benzene rings is 2. The van der Waals surface area contributed by atoms with Gasteiger partial charge in [-0.15, -0.1) is 0 Å². The number of rotatable bonds is 7. The highest BCUT2D eigenvalue weighted by molar-refractivity contribution is 7.80. The SMILES string of the molecule is CCCOc1ccc(CNC(=S)NC(=O)c2ccc(Cl)cc2Cl)cc1OC. The summed E-state index contributed by atoms with van der Waals surface area (Å²) in [7, 11) is 1.59. The number of hydrogen-bond donors (Lipinski definition) is 2. The Hall–Kier alpha value is -2.02. The summed E-state index contributed by atoms with van der Waals surface area (Å²) in [6, 6.07) is 10.2. The fourth-order valence-corrected chi connectivity index (χ4v) is 2.88. The Kier molecular flexibility index (Phi) is 8.16. The van der Waals surface area contributed by atoms with E-state index in [2.05, 4.69) is 10.6 Å². The highest BCUT2D eigenvalue weighted by atomic mass is 35.5. The van der Waals surface area contributed by atoms with Crippen LogP contribution in [-0.4, -0.2) is 24.7 Å². The molecule has 2 rings (SSSR count). The topological polar surface area (TPSA) is 59.6 Å². The molecule has 0 radical (unpaired) electrons. The molecule has 2 aromatic carbocycles. The van der Waals surface area contributed by atoms with Crippen molar-refractivity contribution in [3.05, 3.63) is 57.6 Å². The molecule has 0 aliphatic rings. The van der Waals surface area contributed by atoms with Crippen molar-refractivity contribution < 1.29 is 14.3 Å². The van der Waals surface area contributed by atoms with E-state index in [0.717, 1.165) is 12.0 Å². The van der Waals surface area contributed by atoms with Crippen molar-refractivity contribution >= 4 is 46.4 Å². The second-order valence-electron chi connectivity index (χ2n) is 5.59. The molecule has 0 aromatic heterocycles. The minimum atomic E-state index is -0.407. The maximum Gasteiger partial charge on any atom is 0.258 e. The molecule has 0 spiro atoms. The highest BCUT2D eigenvalue weighted by Gasteiger charge is 2.12. The zero-order valence-corrected chi connectivity index (χ0v) is 17.3. The molecule has 0 bridgehead atoms. The first-order valence-corrected chi connectivity index (χ1v) is 9.45. The number of carbonyl (C=O) groups is 1. The standard InChI is InChI=1S/C19H20Cl2N2O3S/c1-3-8-26-16-7-4-12(9-17(16)25-2)11-22-19(27)23-18(24)14-6-5-13(20)10-15(14)21/h4-7,9-10H,3,8,11H2,1-2H3,(H2,22,23,24,27). The van der Waals surface area contributed by atoms with Gasteiger partial charge in [-0.1, -0.05) is 36.2 Å². The molecule has 2 N–H and O–H groups in total. The lowest BCUT2D eigenvalue weighted by Crippen LogP contribution is -2.38. The van der Waals surface area contributed by atoms with E-state index in [-0.39, 0.29) is 10.1 Å². The summed E-state index contributed by atoms with van der Waals surface area (Å²) in [6.45, 7) is 3.08. The zero-order chi connectivity index (χ0) is 19.8. The molecule has 0 aliphatic carbocycles. The third-order valence-corrected chi connectivity index (χ3v) is 4.34. The first-order valence-electron chi connectivity index (χ1n) is 8.28. The summed E-state index contributed by atoms with van der Waals surface area (Å²) in [5.74, 6) is 0.928. The van der Waals surface area contributed by atoms with E-state index in [9.17, 15) is 4.79 Å². The largest absolute Gasteiger partial charge is 0.493 e. The fourth-order valence-electron chi connectivity index (χ4n) is 2.22. The van der Waals surface area contributed by atoms with Crippen LogP contribution in [0, 0.1) is 0 Å². The van der Waals surface area contributed by atoms with Gasteiger partial charge < -0.3 is 14.8 Å². The van der Waals surface area contributed by atoms with Crippen molar-refractivity contribution in [1.82, 2.24) is 10.6 Å². The Morgan fingerprint density at radius 1 is 1.15 bits per heavy atom. The van der Waals surface area contributed by atoms with Gasteiger partial charge in [-0.2, -0.15) is 0 Å². The first kappa shape index (κ1) is 21.3. The van der Waals surface area contributed by atoms with E-state index in [1.54, 1.807) is 19.2 Å². The Morgan fingerprint density at radius 2 is 1.93 bits per heavy atom. The van der Waals surface area contributed by atoms with Crippen LogP contribution in [0.1, 0.15) is 29.3 Å². The van der Waals surface area contributed by atoms with E-state index < -0.39 is 5.91 Å². The van der Waals surface area contributed by atoms with Gasteiger partial charge in [0.25, 0.3) is 5.91 Å². The first-order chi connectivity index (χ1) is 12.9. The van der Waals surface area contributed by atoms with Gasteiger partial charge in [0.15, 0.2) is 16.6 Å². The molecule has 0 heterocycles. The van der Waals surface area contributed by atoms with Gasteiger partial charge in [0.2, 0.25) is 0 Å². The molecule has 0 saturated carbocycles. The summed E-state index contributed by atoms with van der Waals surface area (Å²) in [4.78, 5) is 12.2. The van der Waals surface area contributed by atoms with Crippen LogP contribution in [0.15, 0.2) is 36.4 Å². The third-order valence-electron chi connectivity index (χ3n) is 3.55. The van der Waals surface area contributed by atoms with Gasteiger partial charge in [0, 0.05) is 11.6 Å². The van der Waals surface area contributed by atoms with Crippen LogP contribution in [-0.2, 0) is 6.54 Å². The quantitative estimate of drug-likeness (QED) is 0.633. The minimum absolute atomic E-state index is 0.191. The molecule has 8 heteroatoms. The molecule has 0 unspecified atom stereocenters. The number of ether oxygens (including phenoxy) is 2. The van der Waals surface area contributed by atoms with Gasteiger partial charge in [-0.25, -0.2) is 0 Å². The van der Waals surface area contributed by atoms with Crippen molar-refractivity contribution in [3.63, 3.8) is 0 Å². The number of hydrogen-bond acceptors (Lipinski definition) is 4. The predicted octanol–water partition coefficient (Wildman–Crippen LogP) is 4.60. The lowest BCUT2D eigenvalue weighted by atomic mass is 10.2. The predicted molar refractivity (Wildman–Crippen MR) is 112 cm³/mol. The van der Waals surface area contributed by atoms with Crippen molar-refractivity contribution in [2.75, 3.05) is 13.7 Å². The minimum Gasteiger partial charge on any atom is -0.493 e. The molecule has 144 valence electrons. The molecular formula is C19H20Cl2N2O3S. The number of halogens is 2. The maximum atomic E-state index is 12.2. The summed E-state index contributed by atoms with van der Waals surface area (Å²) in [6.07, 6.45) is 0.915. The van der Waals surface area contributed by atoms with E-state index >= 15 is 0 Å². The smallest absolute Gasteiger partial charge is 0.258 e. The summed E-state index contributed by atoms with van der Waals surface area (Å²) in [5.41, 5.74) is 1.22. The van der Waals surface area contributed by atoms with E-state index in [0.29, 0.717) is 35.2 Å². The van der Waals surface area contributed by atoms with Gasteiger partial charge >= 0.3 is 0 Å². The molecule has 2 aromatic rings. The molecule has 1 amide bonds. The Bertz CT molecular complexity index is 831. The van der Waals surface area contributed by atoms with Gasteiger partial charge in [-0.05, 0) is 54.5 Å². The van der Waals surface area contributed by atoms with Crippen LogP contribution < -0.4 is 20.1 Å². The van der Waals surface area contributed by atoms with Gasteiger partial charge in [0.05, 0.1) is 24.3 Å². The molecule has 0 saturated heterocycles. The summed E-state index contributed by atoms with van der Waals surface area (Å²) < 4.78 is 11.0. The third kappa shape index (κ3) is 6.27. The van der Waals surface area contributed by atoms with Crippen molar-refractivity contribution in [1.29, 1.82) is 0 Å². The van der Waals surface area contributed by atoms with Crippen LogP contribution in [0.5, 0.6) is 11.5 Å². The number of methoxy groups -OCH3 is 1. The highest BCUT2D eigenvalue weighted by Crippen LogP contribution is 2.28. The second-order valence-corrected chi connectivity index (χ2v) is 6.85. The average molecular weight is 427 g/mol. The van der Waals surface area contributed by atoms with Crippen molar-refractivity contribution in [2.45, 2.75) is 19.9 Å². The number of carbonyl (C=O) groups excluding carboxylic acids is 1. The van der Waals surface area contributed by atoms with Crippen molar-refractivity contribution in [3.8, 4) is 11.5 Å². The number of amides is 1. The van der Waals surface area contributed by atoms with Gasteiger partial charge in [0.1, 0.15) is 0 Å². The molecule has 0 fully saturated rings. The Labute approximate surface area is 173 Å². The lowest BCUT2D eigenvalue weighted by molar-refractivity contribution is 0.0977. The molecule has 5 nitrogen and oxygen atoms in total. The molecule has 0 atom stereocenters. The van der Waals surface area contributed by atoms with Crippen LogP contribution in [0.25, 0.3) is 0 Å². The van der Waals surface area contributed by atoms with Gasteiger partial charge in [-0.3, -0.25) is 10.1 Å². The monoisotopic (exact) mass is 426 g/mol. The fraction of sp³-hybridized carbons (Fsp3) is 0.263. The van der Waals surface area contributed by atoms with E-state index in [1.807, 2.05) is 25.1 Å². The van der Waals surface area contributed by atoms with Crippen molar-refractivity contribution in [2.24, 2.45) is 0 Å². The summed E-state index contributed by atoms with van der Waals surface area (Å²) >= 11 is 17.0. The normalized spacial score (nSPS) is 10.2. The maximum absolute atomic E-state index is 12.2. The second kappa shape index (κ2) is 10.3. The lowest BCUT2D eigenvalue weighted by Gasteiger charge is -2.13. The summed E-state index contributed by atoms with van der Waals surface area (Å²) in [5, 5.41) is 6.48. The molecule has 0 aliphatic heterocycles. The number of thiocarbonyl (C=S) groups is 1. The Balaban J connectivity index is 1.94. The van der Waals surface area contributed by atoms with Crippen LogP contribution in [0.3, 0.4) is 0 Å². The van der Waals surface area contributed by atoms with Crippen LogP contribution >= 0.6 is 35.4 Å².